The lowest BCUT2D eigenvalue weighted by molar-refractivity contribution is -0.119. The van der Waals surface area contributed by atoms with Crippen LogP contribution in [0, 0.1) is 3.57 Å². The summed E-state index contributed by atoms with van der Waals surface area (Å²) in [7, 11) is 0. The van der Waals surface area contributed by atoms with Gasteiger partial charge in [-0.3, -0.25) is 4.79 Å². The smallest absolute Gasteiger partial charge is 0.259 e. The molecule has 0 saturated carbocycles. The number of carbonyl (C=O) groups excluding carboxylic acids is 1. The number of amides is 1. The monoisotopic (exact) mass is 423 g/mol. The Kier molecular flexibility index (Phi) is 4.96. The molecule has 23 heavy (non-hydrogen) atoms. The van der Waals surface area contributed by atoms with Crippen LogP contribution in [-0.2, 0) is 4.79 Å². The predicted octanol–water partition coefficient (Wildman–Crippen LogP) is 2.58. The minimum atomic E-state index is -0.222. The third-order valence-electron chi connectivity index (χ3n) is 3.10. The molecule has 0 atom stereocenters. The molecule has 0 fully saturated rings. The van der Waals surface area contributed by atoms with Crippen molar-refractivity contribution < 1.29 is 14.3 Å². The number of ether oxygens (including phenoxy) is 2. The number of fused-ring (bicyclic) bond motifs is 1. The zero-order valence-corrected chi connectivity index (χ0v) is 14.2. The number of nitrogens with zero attached hydrogens (tertiary/aromatic N) is 1. The molecule has 3 rings (SSSR count). The molecule has 1 aliphatic heterocycles. The van der Waals surface area contributed by atoms with E-state index in [-0.39, 0.29) is 19.2 Å². The van der Waals surface area contributed by atoms with Crippen LogP contribution in [0.1, 0.15) is 5.56 Å². The molecule has 0 aromatic heterocycles. The topological polar surface area (TPSA) is 72.0 Å². The van der Waals surface area contributed by atoms with E-state index in [2.05, 4.69) is 38.4 Å². The van der Waals surface area contributed by atoms with Gasteiger partial charge in [-0.25, -0.2) is 5.43 Å². The molecule has 0 spiro atoms. The quantitative estimate of drug-likeness (QED) is 0.441. The van der Waals surface area contributed by atoms with E-state index in [9.17, 15) is 4.79 Å². The van der Waals surface area contributed by atoms with Crippen molar-refractivity contribution in [3.8, 4) is 11.5 Å². The summed E-state index contributed by atoms with van der Waals surface area (Å²) in [6.07, 6.45) is 1.56. The van der Waals surface area contributed by atoms with Gasteiger partial charge in [-0.1, -0.05) is 0 Å². The maximum absolute atomic E-state index is 11.7. The normalized spacial score (nSPS) is 12.4. The average Bonchev–Trinajstić information content (AvgIpc) is 3.02. The second kappa shape index (κ2) is 7.32. The number of nitrogens with one attached hydrogen (secondary N) is 2. The minimum Gasteiger partial charge on any atom is -0.454 e. The zero-order valence-electron chi connectivity index (χ0n) is 12.1. The fourth-order valence-corrected chi connectivity index (χ4v) is 2.32. The Morgan fingerprint density at radius 2 is 1.96 bits per heavy atom. The molecule has 1 heterocycles. The third kappa shape index (κ3) is 4.35. The van der Waals surface area contributed by atoms with Crippen molar-refractivity contribution in [2.24, 2.45) is 5.10 Å². The van der Waals surface area contributed by atoms with Gasteiger partial charge < -0.3 is 14.8 Å². The number of halogens is 1. The predicted molar refractivity (Wildman–Crippen MR) is 96.0 cm³/mol. The number of carbonyl (C=O) groups is 1. The second-order valence-electron chi connectivity index (χ2n) is 4.77. The van der Waals surface area contributed by atoms with E-state index in [1.54, 1.807) is 6.21 Å². The van der Waals surface area contributed by atoms with Crippen molar-refractivity contribution in [1.29, 1.82) is 0 Å². The minimum absolute atomic E-state index is 0.152. The Hall–Kier alpha value is -2.29. The Balaban J connectivity index is 1.47. The number of benzene rings is 2. The summed E-state index contributed by atoms with van der Waals surface area (Å²) < 4.78 is 11.7. The first kappa shape index (κ1) is 15.6. The fourth-order valence-electron chi connectivity index (χ4n) is 1.96. The first-order chi connectivity index (χ1) is 11.2. The zero-order chi connectivity index (χ0) is 16.1. The van der Waals surface area contributed by atoms with E-state index in [1.165, 1.54) is 0 Å². The van der Waals surface area contributed by atoms with Crippen LogP contribution in [0.2, 0.25) is 0 Å². The molecular weight excluding hydrogens is 409 g/mol. The lowest BCUT2D eigenvalue weighted by Crippen LogP contribution is -2.25. The van der Waals surface area contributed by atoms with Crippen LogP contribution in [0.15, 0.2) is 47.6 Å². The first-order valence-corrected chi connectivity index (χ1v) is 7.99. The van der Waals surface area contributed by atoms with Crippen molar-refractivity contribution >= 4 is 40.4 Å². The molecule has 0 bridgehead atoms. The average molecular weight is 423 g/mol. The van der Waals surface area contributed by atoms with E-state index in [0.29, 0.717) is 11.5 Å². The largest absolute Gasteiger partial charge is 0.454 e. The summed E-state index contributed by atoms with van der Waals surface area (Å²) in [5.41, 5.74) is 4.18. The molecule has 7 heteroatoms. The highest BCUT2D eigenvalue weighted by Crippen LogP contribution is 2.31. The van der Waals surface area contributed by atoms with Crippen LogP contribution in [0.25, 0.3) is 0 Å². The van der Waals surface area contributed by atoms with E-state index in [1.807, 2.05) is 42.5 Å². The van der Waals surface area contributed by atoms with Gasteiger partial charge in [0, 0.05) is 9.26 Å². The summed E-state index contributed by atoms with van der Waals surface area (Å²) in [5, 5.41) is 6.96. The molecule has 118 valence electrons. The highest BCUT2D eigenvalue weighted by molar-refractivity contribution is 14.1. The summed E-state index contributed by atoms with van der Waals surface area (Å²) >= 11 is 2.23. The van der Waals surface area contributed by atoms with Gasteiger partial charge in [0.1, 0.15) is 0 Å². The number of hydrogen-bond donors (Lipinski definition) is 2. The highest BCUT2D eigenvalue weighted by Gasteiger charge is 2.12. The Bertz CT molecular complexity index is 732. The van der Waals surface area contributed by atoms with E-state index < -0.39 is 0 Å². The van der Waals surface area contributed by atoms with Gasteiger partial charge in [-0.05, 0) is 70.6 Å². The molecule has 0 aliphatic carbocycles. The third-order valence-corrected chi connectivity index (χ3v) is 3.82. The maximum Gasteiger partial charge on any atom is 0.259 e. The van der Waals surface area contributed by atoms with Crippen LogP contribution < -0.4 is 20.2 Å². The van der Waals surface area contributed by atoms with Crippen LogP contribution in [0.3, 0.4) is 0 Å². The highest BCUT2D eigenvalue weighted by atomic mass is 127. The molecule has 2 aromatic rings. The van der Waals surface area contributed by atoms with Crippen LogP contribution in [0.4, 0.5) is 5.69 Å². The molecule has 6 nitrogen and oxygen atoms in total. The maximum atomic E-state index is 11.7. The van der Waals surface area contributed by atoms with Gasteiger partial charge in [0.2, 0.25) is 6.79 Å². The van der Waals surface area contributed by atoms with Gasteiger partial charge in [0.05, 0.1) is 12.8 Å². The van der Waals surface area contributed by atoms with Crippen molar-refractivity contribution in [2.75, 3.05) is 18.7 Å². The number of rotatable bonds is 5. The van der Waals surface area contributed by atoms with E-state index >= 15 is 0 Å². The van der Waals surface area contributed by atoms with Gasteiger partial charge in [0.15, 0.2) is 11.5 Å². The number of hydrazone groups is 1. The van der Waals surface area contributed by atoms with Gasteiger partial charge in [0.25, 0.3) is 5.91 Å². The van der Waals surface area contributed by atoms with Crippen LogP contribution in [0.5, 0.6) is 11.5 Å². The van der Waals surface area contributed by atoms with Crippen molar-refractivity contribution in [1.82, 2.24) is 5.43 Å². The molecule has 0 saturated heterocycles. The Morgan fingerprint density at radius 3 is 2.78 bits per heavy atom. The van der Waals surface area contributed by atoms with E-state index in [0.717, 1.165) is 14.8 Å². The summed E-state index contributed by atoms with van der Waals surface area (Å²) in [5.74, 6) is 1.18. The number of anilines is 1. The summed E-state index contributed by atoms with van der Waals surface area (Å²) in [4.78, 5) is 11.7. The van der Waals surface area contributed by atoms with Gasteiger partial charge in [-0.15, -0.1) is 0 Å². The van der Waals surface area contributed by atoms with Crippen LogP contribution in [-0.4, -0.2) is 25.5 Å². The van der Waals surface area contributed by atoms with E-state index in [4.69, 9.17) is 9.47 Å². The first-order valence-electron chi connectivity index (χ1n) is 6.92. The molecule has 0 unspecified atom stereocenters. The summed E-state index contributed by atoms with van der Waals surface area (Å²) in [6, 6.07) is 13.2. The Labute approximate surface area is 147 Å². The summed E-state index contributed by atoms with van der Waals surface area (Å²) in [6.45, 7) is 0.385. The van der Waals surface area contributed by atoms with Crippen LogP contribution >= 0.6 is 22.6 Å². The lowest BCUT2D eigenvalue weighted by Gasteiger charge is -2.05. The second-order valence-corrected chi connectivity index (χ2v) is 6.01. The molecule has 2 N–H and O–H groups in total. The molecule has 1 amide bonds. The Morgan fingerprint density at radius 1 is 1.17 bits per heavy atom. The van der Waals surface area contributed by atoms with Gasteiger partial charge in [-0.2, -0.15) is 5.10 Å². The molecule has 0 radical (unpaired) electrons. The SMILES string of the molecule is O=C(CNc1ccc(I)cc1)N/N=C\c1ccc2c(c1)OCO2. The molecular formula is C16H14IN3O3. The molecule has 1 aliphatic rings. The number of hydrogen-bond acceptors (Lipinski definition) is 5. The lowest BCUT2D eigenvalue weighted by atomic mass is 10.2. The fraction of sp³-hybridized carbons (Fsp3) is 0.125. The van der Waals surface area contributed by atoms with Crippen molar-refractivity contribution in [3.05, 3.63) is 51.6 Å². The van der Waals surface area contributed by atoms with Crippen molar-refractivity contribution in [3.63, 3.8) is 0 Å². The van der Waals surface area contributed by atoms with Crippen molar-refractivity contribution in [2.45, 2.75) is 0 Å². The molecule has 2 aromatic carbocycles. The standard InChI is InChI=1S/C16H14IN3O3/c17-12-2-4-13(5-3-12)18-9-16(21)20-19-8-11-1-6-14-15(7-11)23-10-22-14/h1-8,18H,9-10H2,(H,20,21)/b19-8-. The van der Waals surface area contributed by atoms with Gasteiger partial charge >= 0.3 is 0 Å².